The number of hydrogen-bond donors (Lipinski definition) is 1. The van der Waals surface area contributed by atoms with Gasteiger partial charge in [-0.05, 0) is 24.1 Å². The highest BCUT2D eigenvalue weighted by Gasteiger charge is 1.97. The molecule has 0 bridgehead atoms. The molecule has 0 aliphatic rings. The average molecular weight is 177 g/mol. The first-order valence-corrected chi connectivity index (χ1v) is 4.26. The molecule has 0 fully saturated rings. The molecule has 0 aliphatic carbocycles. The Labute approximate surface area is 79.0 Å². The maximum atomic E-state index is 5.46. The van der Waals surface area contributed by atoms with E-state index in [1.165, 1.54) is 5.56 Å². The number of nitrogens with two attached hydrogens (primary N) is 1. The van der Waals surface area contributed by atoms with E-state index in [1.807, 2.05) is 24.3 Å². The molecule has 0 heterocycles. The first-order chi connectivity index (χ1) is 6.26. The zero-order valence-corrected chi connectivity index (χ0v) is 7.92. The molecule has 1 rings (SSSR count). The van der Waals surface area contributed by atoms with E-state index in [-0.39, 0.29) is 0 Å². The SMILES string of the molecule is C=C(CN)Cc1cccc(OC)c1. The van der Waals surface area contributed by atoms with Crippen molar-refractivity contribution in [2.75, 3.05) is 13.7 Å². The number of benzene rings is 1. The fraction of sp³-hybridized carbons (Fsp3) is 0.273. The fourth-order valence-electron chi connectivity index (χ4n) is 1.14. The van der Waals surface area contributed by atoms with Gasteiger partial charge in [-0.1, -0.05) is 24.3 Å². The van der Waals surface area contributed by atoms with Crippen LogP contribution in [0.5, 0.6) is 5.75 Å². The Kier molecular flexibility index (Phi) is 3.53. The molecule has 0 spiro atoms. The topological polar surface area (TPSA) is 35.2 Å². The van der Waals surface area contributed by atoms with Gasteiger partial charge < -0.3 is 10.5 Å². The molecule has 2 N–H and O–H groups in total. The quantitative estimate of drug-likeness (QED) is 0.711. The van der Waals surface area contributed by atoms with Crippen molar-refractivity contribution in [1.29, 1.82) is 0 Å². The van der Waals surface area contributed by atoms with Gasteiger partial charge in [0.1, 0.15) is 5.75 Å². The van der Waals surface area contributed by atoms with E-state index in [1.54, 1.807) is 7.11 Å². The van der Waals surface area contributed by atoms with Crippen molar-refractivity contribution in [3.05, 3.63) is 42.0 Å². The molecule has 70 valence electrons. The second-order valence-corrected chi connectivity index (χ2v) is 2.98. The van der Waals surface area contributed by atoms with Crippen molar-refractivity contribution in [2.24, 2.45) is 5.73 Å². The number of hydrogen-bond acceptors (Lipinski definition) is 2. The maximum absolute atomic E-state index is 5.46. The molecule has 0 saturated carbocycles. The highest BCUT2D eigenvalue weighted by molar-refractivity contribution is 5.30. The summed E-state index contributed by atoms with van der Waals surface area (Å²) in [4.78, 5) is 0. The fourth-order valence-corrected chi connectivity index (χ4v) is 1.14. The van der Waals surface area contributed by atoms with Crippen LogP contribution >= 0.6 is 0 Å². The standard InChI is InChI=1S/C11H15NO/c1-9(8-12)6-10-4-3-5-11(7-10)13-2/h3-5,7H,1,6,8,12H2,2H3. The Bertz CT molecular complexity index is 294. The lowest BCUT2D eigenvalue weighted by Gasteiger charge is -2.04. The van der Waals surface area contributed by atoms with E-state index < -0.39 is 0 Å². The predicted molar refractivity (Wildman–Crippen MR) is 54.9 cm³/mol. The lowest BCUT2D eigenvalue weighted by molar-refractivity contribution is 0.414. The highest BCUT2D eigenvalue weighted by Crippen LogP contribution is 2.14. The van der Waals surface area contributed by atoms with E-state index in [0.717, 1.165) is 17.7 Å². The Balaban J connectivity index is 2.71. The second kappa shape index (κ2) is 4.67. The van der Waals surface area contributed by atoms with E-state index in [2.05, 4.69) is 6.58 Å². The third-order valence-electron chi connectivity index (χ3n) is 1.88. The molecule has 0 saturated heterocycles. The van der Waals surface area contributed by atoms with E-state index in [0.29, 0.717) is 6.54 Å². The summed E-state index contributed by atoms with van der Waals surface area (Å²) in [5.41, 5.74) is 7.68. The van der Waals surface area contributed by atoms with E-state index in [4.69, 9.17) is 10.5 Å². The van der Waals surface area contributed by atoms with Crippen LogP contribution in [0.4, 0.5) is 0 Å². The zero-order valence-electron chi connectivity index (χ0n) is 7.92. The smallest absolute Gasteiger partial charge is 0.119 e. The molecular weight excluding hydrogens is 162 g/mol. The van der Waals surface area contributed by atoms with Crippen LogP contribution < -0.4 is 10.5 Å². The number of rotatable bonds is 4. The van der Waals surface area contributed by atoms with Crippen molar-refractivity contribution in [3.63, 3.8) is 0 Å². The largest absolute Gasteiger partial charge is 0.497 e. The van der Waals surface area contributed by atoms with Gasteiger partial charge >= 0.3 is 0 Å². The summed E-state index contributed by atoms with van der Waals surface area (Å²) in [7, 11) is 1.66. The molecule has 13 heavy (non-hydrogen) atoms. The van der Waals surface area contributed by atoms with Crippen LogP contribution in [0.25, 0.3) is 0 Å². The van der Waals surface area contributed by atoms with Gasteiger partial charge in [0.2, 0.25) is 0 Å². The summed E-state index contributed by atoms with van der Waals surface area (Å²) in [5, 5.41) is 0. The van der Waals surface area contributed by atoms with Gasteiger partial charge in [-0.3, -0.25) is 0 Å². The summed E-state index contributed by atoms with van der Waals surface area (Å²) < 4.78 is 5.11. The van der Waals surface area contributed by atoms with Crippen molar-refractivity contribution in [3.8, 4) is 5.75 Å². The molecule has 1 aromatic rings. The van der Waals surface area contributed by atoms with Gasteiger partial charge in [-0.15, -0.1) is 0 Å². The van der Waals surface area contributed by atoms with Gasteiger partial charge in [0.05, 0.1) is 7.11 Å². The minimum atomic E-state index is 0.539. The highest BCUT2D eigenvalue weighted by atomic mass is 16.5. The van der Waals surface area contributed by atoms with Crippen LogP contribution in [0.3, 0.4) is 0 Å². The Hall–Kier alpha value is -1.28. The Morgan fingerprint density at radius 2 is 2.31 bits per heavy atom. The minimum absolute atomic E-state index is 0.539. The van der Waals surface area contributed by atoms with Crippen molar-refractivity contribution < 1.29 is 4.74 Å². The van der Waals surface area contributed by atoms with Crippen molar-refractivity contribution in [1.82, 2.24) is 0 Å². The van der Waals surface area contributed by atoms with Gasteiger partial charge in [0, 0.05) is 6.54 Å². The van der Waals surface area contributed by atoms with Crippen molar-refractivity contribution in [2.45, 2.75) is 6.42 Å². The number of methoxy groups -OCH3 is 1. The third-order valence-corrected chi connectivity index (χ3v) is 1.88. The van der Waals surface area contributed by atoms with Gasteiger partial charge in [-0.25, -0.2) is 0 Å². The minimum Gasteiger partial charge on any atom is -0.497 e. The maximum Gasteiger partial charge on any atom is 0.119 e. The van der Waals surface area contributed by atoms with Crippen LogP contribution in [0.2, 0.25) is 0 Å². The lowest BCUT2D eigenvalue weighted by atomic mass is 10.1. The molecule has 0 atom stereocenters. The third kappa shape index (κ3) is 2.92. The van der Waals surface area contributed by atoms with E-state index >= 15 is 0 Å². The van der Waals surface area contributed by atoms with Gasteiger partial charge in [0.15, 0.2) is 0 Å². The first kappa shape index (κ1) is 9.81. The Morgan fingerprint density at radius 3 is 2.92 bits per heavy atom. The first-order valence-electron chi connectivity index (χ1n) is 4.26. The molecule has 2 heteroatoms. The molecule has 2 nitrogen and oxygen atoms in total. The average Bonchev–Trinajstić information content (AvgIpc) is 2.18. The van der Waals surface area contributed by atoms with Crippen LogP contribution in [0.1, 0.15) is 5.56 Å². The van der Waals surface area contributed by atoms with Crippen LogP contribution in [0.15, 0.2) is 36.4 Å². The molecule has 1 aromatic carbocycles. The van der Waals surface area contributed by atoms with Crippen molar-refractivity contribution >= 4 is 0 Å². The summed E-state index contributed by atoms with van der Waals surface area (Å²) in [6.07, 6.45) is 0.827. The monoisotopic (exact) mass is 177 g/mol. The van der Waals surface area contributed by atoms with Crippen LogP contribution in [-0.2, 0) is 6.42 Å². The molecule has 0 amide bonds. The molecular formula is C11H15NO. The zero-order chi connectivity index (χ0) is 9.68. The molecule has 0 aromatic heterocycles. The normalized spacial score (nSPS) is 9.69. The summed E-state index contributed by atoms with van der Waals surface area (Å²) in [6, 6.07) is 7.94. The summed E-state index contributed by atoms with van der Waals surface area (Å²) in [6.45, 7) is 4.40. The predicted octanol–water partition coefficient (Wildman–Crippen LogP) is 1.75. The van der Waals surface area contributed by atoms with E-state index in [9.17, 15) is 0 Å². The van der Waals surface area contributed by atoms with Crippen LogP contribution in [0, 0.1) is 0 Å². The summed E-state index contributed by atoms with van der Waals surface area (Å²) >= 11 is 0. The second-order valence-electron chi connectivity index (χ2n) is 2.98. The molecule has 0 radical (unpaired) electrons. The lowest BCUT2D eigenvalue weighted by Crippen LogP contribution is -2.04. The van der Waals surface area contributed by atoms with Gasteiger partial charge in [-0.2, -0.15) is 0 Å². The molecule has 0 aliphatic heterocycles. The van der Waals surface area contributed by atoms with Gasteiger partial charge in [0.25, 0.3) is 0 Å². The summed E-state index contributed by atoms with van der Waals surface area (Å²) in [5.74, 6) is 0.877. The number of ether oxygens (including phenoxy) is 1. The van der Waals surface area contributed by atoms with Crippen LogP contribution in [-0.4, -0.2) is 13.7 Å². The molecule has 0 unspecified atom stereocenters. The Morgan fingerprint density at radius 1 is 1.54 bits per heavy atom.